The van der Waals surface area contributed by atoms with E-state index >= 15 is 0 Å². The fourth-order valence-corrected chi connectivity index (χ4v) is 2.75. The van der Waals surface area contributed by atoms with Crippen molar-refractivity contribution >= 4 is 17.5 Å². The molecular formula is C22H28N3O3+. The molecule has 28 heavy (non-hydrogen) atoms. The zero-order chi connectivity index (χ0) is 20.4. The van der Waals surface area contributed by atoms with E-state index in [0.717, 1.165) is 16.2 Å². The summed E-state index contributed by atoms with van der Waals surface area (Å²) in [6.45, 7) is 7.57. The monoisotopic (exact) mass is 382 g/mol. The van der Waals surface area contributed by atoms with Gasteiger partial charge in [-0.2, -0.15) is 0 Å². The van der Waals surface area contributed by atoms with Gasteiger partial charge < -0.3 is 20.3 Å². The van der Waals surface area contributed by atoms with Crippen LogP contribution in [-0.4, -0.2) is 38.6 Å². The second kappa shape index (κ2) is 10.9. The molecule has 0 aliphatic heterocycles. The van der Waals surface area contributed by atoms with Gasteiger partial charge >= 0.3 is 0 Å². The smallest absolute Gasteiger partial charge is 0.279 e. The van der Waals surface area contributed by atoms with Gasteiger partial charge in [0.1, 0.15) is 18.9 Å². The number of benzene rings is 2. The number of hydrogen-bond acceptors (Lipinski definition) is 3. The summed E-state index contributed by atoms with van der Waals surface area (Å²) in [7, 11) is 1.97. The summed E-state index contributed by atoms with van der Waals surface area (Å²) in [5, 5.41) is 5.61. The molecule has 6 heteroatoms. The lowest BCUT2D eigenvalue weighted by Crippen LogP contribution is -3.08. The first kappa shape index (κ1) is 21.2. The number of amides is 2. The van der Waals surface area contributed by atoms with Crippen molar-refractivity contribution in [2.75, 3.05) is 32.1 Å². The summed E-state index contributed by atoms with van der Waals surface area (Å²) < 4.78 is 5.47. The first-order valence-electron chi connectivity index (χ1n) is 9.34. The average Bonchev–Trinajstić information content (AvgIpc) is 2.67. The lowest BCUT2D eigenvalue weighted by Gasteiger charge is -2.14. The Bertz CT molecular complexity index is 803. The molecular weight excluding hydrogens is 354 g/mol. The standard InChI is InChI=1S/C22H27N3O3/c1-4-13-28-20-11-9-17(10-12-20)15-25(3)16-21(26)24-19-8-6-7-18(14-19)22(27)23-5-2/h4,6-12,14H,1,5,13,15-16H2,2-3H3,(H,23,27)(H,24,26)/p+1. The molecule has 2 rings (SSSR count). The molecule has 2 aromatic carbocycles. The Morgan fingerprint density at radius 1 is 1.18 bits per heavy atom. The summed E-state index contributed by atoms with van der Waals surface area (Å²) in [5.74, 6) is 0.546. The van der Waals surface area contributed by atoms with E-state index < -0.39 is 0 Å². The lowest BCUT2D eigenvalue weighted by atomic mass is 10.2. The molecule has 0 spiro atoms. The fourth-order valence-electron chi connectivity index (χ4n) is 2.75. The van der Waals surface area contributed by atoms with Crippen LogP contribution in [0.2, 0.25) is 0 Å². The van der Waals surface area contributed by atoms with E-state index in [9.17, 15) is 9.59 Å². The van der Waals surface area contributed by atoms with Crippen LogP contribution in [0.1, 0.15) is 22.8 Å². The number of nitrogens with one attached hydrogen (secondary N) is 3. The molecule has 0 saturated carbocycles. The number of carbonyl (C=O) groups excluding carboxylic acids is 2. The highest BCUT2D eigenvalue weighted by Gasteiger charge is 2.12. The minimum atomic E-state index is -0.151. The number of ether oxygens (including phenoxy) is 1. The Labute approximate surface area is 166 Å². The highest BCUT2D eigenvalue weighted by molar-refractivity contribution is 5.97. The van der Waals surface area contributed by atoms with Crippen molar-refractivity contribution < 1.29 is 19.2 Å². The van der Waals surface area contributed by atoms with E-state index in [1.165, 1.54) is 0 Å². The topological polar surface area (TPSA) is 71.9 Å². The van der Waals surface area contributed by atoms with Gasteiger partial charge in [-0.05, 0) is 49.4 Å². The second-order valence-electron chi connectivity index (χ2n) is 6.54. The van der Waals surface area contributed by atoms with Gasteiger partial charge in [0.25, 0.3) is 11.8 Å². The van der Waals surface area contributed by atoms with Gasteiger partial charge in [-0.1, -0.05) is 18.7 Å². The highest BCUT2D eigenvalue weighted by atomic mass is 16.5. The van der Waals surface area contributed by atoms with Crippen LogP contribution >= 0.6 is 0 Å². The molecule has 0 aromatic heterocycles. The van der Waals surface area contributed by atoms with Gasteiger partial charge in [-0.3, -0.25) is 9.59 Å². The molecule has 148 valence electrons. The minimum absolute atomic E-state index is 0.100. The van der Waals surface area contributed by atoms with Crippen LogP contribution in [0.5, 0.6) is 5.75 Å². The van der Waals surface area contributed by atoms with Crippen molar-refractivity contribution in [3.05, 3.63) is 72.3 Å². The molecule has 0 bridgehead atoms. The van der Waals surface area contributed by atoms with Crippen molar-refractivity contribution in [3.63, 3.8) is 0 Å². The maximum Gasteiger partial charge on any atom is 0.279 e. The quantitative estimate of drug-likeness (QED) is 0.547. The Kier molecular flexibility index (Phi) is 8.24. The molecule has 1 atom stereocenters. The molecule has 2 aromatic rings. The number of quaternary nitrogens is 1. The molecule has 3 N–H and O–H groups in total. The van der Waals surface area contributed by atoms with Gasteiger partial charge in [-0.15, -0.1) is 0 Å². The molecule has 0 radical (unpaired) electrons. The second-order valence-corrected chi connectivity index (χ2v) is 6.54. The van der Waals surface area contributed by atoms with E-state index in [1.54, 1.807) is 30.3 Å². The van der Waals surface area contributed by atoms with Crippen LogP contribution in [0.4, 0.5) is 5.69 Å². The molecule has 0 aliphatic rings. The van der Waals surface area contributed by atoms with E-state index in [4.69, 9.17) is 4.74 Å². The molecule has 0 heterocycles. The zero-order valence-electron chi connectivity index (χ0n) is 16.5. The molecule has 0 aliphatic carbocycles. The van der Waals surface area contributed by atoms with Crippen LogP contribution in [0.15, 0.2) is 61.2 Å². The SMILES string of the molecule is C=CCOc1ccc(C[NH+](C)CC(=O)Nc2cccc(C(=O)NCC)c2)cc1. The molecule has 2 amide bonds. The van der Waals surface area contributed by atoms with Crippen LogP contribution in [0, 0.1) is 0 Å². The number of hydrogen-bond donors (Lipinski definition) is 3. The summed E-state index contributed by atoms with van der Waals surface area (Å²) in [6, 6.07) is 14.8. The van der Waals surface area contributed by atoms with Crippen molar-refractivity contribution in [2.24, 2.45) is 0 Å². The molecule has 6 nitrogen and oxygen atoms in total. The summed E-state index contributed by atoms with van der Waals surface area (Å²) >= 11 is 0. The van der Waals surface area contributed by atoms with Crippen molar-refractivity contribution in [1.82, 2.24) is 5.32 Å². The zero-order valence-corrected chi connectivity index (χ0v) is 16.5. The Hall–Kier alpha value is -3.12. The third-order valence-electron chi connectivity index (χ3n) is 4.01. The summed E-state index contributed by atoms with van der Waals surface area (Å²) in [4.78, 5) is 25.3. The number of carbonyl (C=O) groups is 2. The van der Waals surface area contributed by atoms with Gasteiger partial charge in [0.15, 0.2) is 6.54 Å². The first-order chi connectivity index (χ1) is 13.5. The number of anilines is 1. The normalized spacial score (nSPS) is 11.4. The maximum absolute atomic E-state index is 12.3. The number of likely N-dealkylation sites (N-methyl/N-ethyl adjacent to an activating group) is 1. The van der Waals surface area contributed by atoms with Crippen LogP contribution in [0.25, 0.3) is 0 Å². The van der Waals surface area contributed by atoms with Gasteiger partial charge in [0.2, 0.25) is 0 Å². The van der Waals surface area contributed by atoms with Crippen molar-refractivity contribution in [2.45, 2.75) is 13.5 Å². The van der Waals surface area contributed by atoms with E-state index in [1.807, 2.05) is 38.2 Å². The van der Waals surface area contributed by atoms with E-state index in [2.05, 4.69) is 17.2 Å². The Morgan fingerprint density at radius 3 is 2.61 bits per heavy atom. The van der Waals surface area contributed by atoms with Crippen LogP contribution in [-0.2, 0) is 11.3 Å². The van der Waals surface area contributed by atoms with Crippen molar-refractivity contribution in [1.29, 1.82) is 0 Å². The van der Waals surface area contributed by atoms with E-state index in [-0.39, 0.29) is 11.8 Å². The Balaban J connectivity index is 1.86. The fraction of sp³-hybridized carbons (Fsp3) is 0.273. The third-order valence-corrected chi connectivity index (χ3v) is 4.01. The van der Waals surface area contributed by atoms with Gasteiger partial charge in [0, 0.05) is 23.4 Å². The van der Waals surface area contributed by atoms with Gasteiger partial charge in [0.05, 0.1) is 7.05 Å². The maximum atomic E-state index is 12.3. The predicted octanol–water partition coefficient (Wildman–Crippen LogP) is 1.65. The average molecular weight is 382 g/mol. The molecule has 1 unspecified atom stereocenters. The summed E-state index contributed by atoms with van der Waals surface area (Å²) in [5.41, 5.74) is 2.26. The largest absolute Gasteiger partial charge is 0.490 e. The highest BCUT2D eigenvalue weighted by Crippen LogP contribution is 2.12. The summed E-state index contributed by atoms with van der Waals surface area (Å²) in [6.07, 6.45) is 1.70. The first-order valence-corrected chi connectivity index (χ1v) is 9.34. The molecule has 0 saturated heterocycles. The Morgan fingerprint density at radius 2 is 1.93 bits per heavy atom. The third kappa shape index (κ3) is 6.89. The van der Waals surface area contributed by atoms with E-state index in [0.29, 0.717) is 37.5 Å². The molecule has 0 fully saturated rings. The number of rotatable bonds is 10. The van der Waals surface area contributed by atoms with Crippen LogP contribution < -0.4 is 20.3 Å². The predicted molar refractivity (Wildman–Crippen MR) is 111 cm³/mol. The lowest BCUT2D eigenvalue weighted by molar-refractivity contribution is -0.885. The minimum Gasteiger partial charge on any atom is -0.490 e. The van der Waals surface area contributed by atoms with Crippen molar-refractivity contribution in [3.8, 4) is 5.75 Å². The van der Waals surface area contributed by atoms with Crippen LogP contribution in [0.3, 0.4) is 0 Å². The van der Waals surface area contributed by atoms with Gasteiger partial charge in [-0.25, -0.2) is 0 Å².